The number of benzene rings is 1. The highest BCUT2D eigenvalue weighted by Gasteiger charge is 2.34. The van der Waals surface area contributed by atoms with Crippen LogP contribution < -0.4 is 0 Å². The van der Waals surface area contributed by atoms with Gasteiger partial charge in [0.2, 0.25) is 0 Å². The Morgan fingerprint density at radius 1 is 1.38 bits per heavy atom. The van der Waals surface area contributed by atoms with Crippen molar-refractivity contribution in [3.8, 4) is 0 Å². The minimum Gasteiger partial charge on any atom is -0.296 e. The minimum atomic E-state index is -1.20. The third-order valence-electron chi connectivity index (χ3n) is 3.50. The Morgan fingerprint density at radius 3 is 2.75 bits per heavy atom. The molecule has 1 heterocycles. The molecule has 16 heavy (non-hydrogen) atoms. The predicted octanol–water partition coefficient (Wildman–Crippen LogP) is 3.27. The molecule has 0 aliphatic carbocycles. The Balaban J connectivity index is 2.42. The Labute approximate surface area is 97.3 Å². The zero-order valence-electron chi connectivity index (χ0n) is 10.4. The second kappa shape index (κ2) is 4.17. The Hall–Kier alpha value is -0.890. The highest BCUT2D eigenvalue weighted by Crippen LogP contribution is 2.35. The molecule has 1 unspecified atom stereocenters. The summed E-state index contributed by atoms with van der Waals surface area (Å²) in [6.07, 6.45) is 1.02. The fourth-order valence-electron chi connectivity index (χ4n) is 2.53. The molecule has 1 aromatic rings. The third-order valence-corrected chi connectivity index (χ3v) is 3.50. The summed E-state index contributed by atoms with van der Waals surface area (Å²) in [5, 5.41) is 0. The van der Waals surface area contributed by atoms with Crippen LogP contribution >= 0.6 is 0 Å². The number of hydrogen-bond acceptors (Lipinski definition) is 1. The Morgan fingerprint density at radius 2 is 2.12 bits per heavy atom. The van der Waals surface area contributed by atoms with Gasteiger partial charge in [-0.15, -0.1) is 0 Å². The van der Waals surface area contributed by atoms with Crippen molar-refractivity contribution in [1.82, 2.24) is 4.90 Å². The van der Waals surface area contributed by atoms with Gasteiger partial charge in [-0.1, -0.05) is 32.0 Å². The van der Waals surface area contributed by atoms with E-state index < -0.39 is 5.67 Å². The summed E-state index contributed by atoms with van der Waals surface area (Å²) in [6.45, 7) is 8.23. The second-order valence-corrected chi connectivity index (χ2v) is 4.85. The molecule has 2 heteroatoms. The highest BCUT2D eigenvalue weighted by atomic mass is 19.1. The summed E-state index contributed by atoms with van der Waals surface area (Å²) in [7, 11) is 0. The van der Waals surface area contributed by atoms with Crippen LogP contribution in [0.2, 0.25) is 0 Å². The first kappa shape index (κ1) is 11.6. The maximum atomic E-state index is 14.5. The van der Waals surface area contributed by atoms with Gasteiger partial charge in [-0.25, -0.2) is 4.39 Å². The van der Waals surface area contributed by atoms with E-state index in [1.807, 2.05) is 6.07 Å². The quantitative estimate of drug-likeness (QED) is 0.741. The number of nitrogens with zero attached hydrogens (tertiary/aromatic N) is 1. The lowest BCUT2D eigenvalue weighted by Gasteiger charge is -2.36. The fourth-order valence-corrected chi connectivity index (χ4v) is 2.53. The van der Waals surface area contributed by atoms with Crippen molar-refractivity contribution in [2.75, 3.05) is 13.1 Å². The first-order valence-electron chi connectivity index (χ1n) is 6.10. The molecule has 2 rings (SSSR count). The van der Waals surface area contributed by atoms with Crippen molar-refractivity contribution < 1.29 is 4.39 Å². The minimum absolute atomic E-state index is 0.516. The summed E-state index contributed by atoms with van der Waals surface area (Å²) in [5.74, 6) is 0. The van der Waals surface area contributed by atoms with Crippen LogP contribution in [0.1, 0.15) is 37.5 Å². The summed E-state index contributed by atoms with van der Waals surface area (Å²) in [4.78, 5) is 2.17. The van der Waals surface area contributed by atoms with Crippen LogP contribution in [0, 0.1) is 0 Å². The molecule has 0 fully saturated rings. The SMILES string of the molecule is CCc1ccc2c(c1)CN(CC)CC2(C)F. The van der Waals surface area contributed by atoms with Crippen molar-refractivity contribution in [2.45, 2.75) is 39.4 Å². The molecule has 0 radical (unpaired) electrons. The van der Waals surface area contributed by atoms with Crippen molar-refractivity contribution in [3.63, 3.8) is 0 Å². The van der Waals surface area contributed by atoms with Crippen molar-refractivity contribution >= 4 is 0 Å². The van der Waals surface area contributed by atoms with Crippen molar-refractivity contribution in [1.29, 1.82) is 0 Å². The zero-order chi connectivity index (χ0) is 11.8. The van der Waals surface area contributed by atoms with Crippen molar-refractivity contribution in [3.05, 3.63) is 34.9 Å². The lowest BCUT2D eigenvalue weighted by molar-refractivity contribution is 0.0875. The van der Waals surface area contributed by atoms with Crippen LogP contribution in [0.3, 0.4) is 0 Å². The summed E-state index contributed by atoms with van der Waals surface area (Å²) in [5.41, 5.74) is 2.15. The number of hydrogen-bond donors (Lipinski definition) is 0. The highest BCUT2D eigenvalue weighted by molar-refractivity contribution is 5.38. The molecular formula is C14H20FN. The fraction of sp³-hybridized carbons (Fsp3) is 0.571. The number of rotatable bonds is 2. The van der Waals surface area contributed by atoms with E-state index in [1.54, 1.807) is 6.92 Å². The van der Waals surface area contributed by atoms with Crippen LogP contribution in [-0.2, 0) is 18.6 Å². The van der Waals surface area contributed by atoms with Gasteiger partial charge in [0.15, 0.2) is 0 Å². The molecule has 0 saturated carbocycles. The molecule has 0 bridgehead atoms. The summed E-state index contributed by atoms with van der Waals surface area (Å²) in [6, 6.07) is 6.19. The first-order chi connectivity index (χ1) is 7.56. The monoisotopic (exact) mass is 221 g/mol. The third kappa shape index (κ3) is 1.99. The van der Waals surface area contributed by atoms with Gasteiger partial charge in [0, 0.05) is 13.1 Å². The topological polar surface area (TPSA) is 3.24 Å². The normalized spacial score (nSPS) is 25.5. The van der Waals surface area contributed by atoms with Crippen LogP contribution in [-0.4, -0.2) is 18.0 Å². The smallest absolute Gasteiger partial charge is 0.146 e. The number of aryl methyl sites for hydroxylation is 1. The number of alkyl halides is 1. The van der Waals surface area contributed by atoms with Gasteiger partial charge in [-0.2, -0.15) is 0 Å². The van der Waals surface area contributed by atoms with Crippen LogP contribution in [0.25, 0.3) is 0 Å². The molecular weight excluding hydrogens is 201 g/mol. The summed E-state index contributed by atoms with van der Waals surface area (Å²) < 4.78 is 14.5. The molecule has 0 spiro atoms. The molecule has 1 aromatic carbocycles. The molecule has 88 valence electrons. The maximum Gasteiger partial charge on any atom is 0.146 e. The van der Waals surface area contributed by atoms with Gasteiger partial charge in [0.05, 0.1) is 0 Å². The number of fused-ring (bicyclic) bond motifs is 1. The van der Waals surface area contributed by atoms with E-state index in [-0.39, 0.29) is 0 Å². The van der Waals surface area contributed by atoms with Gasteiger partial charge in [0.1, 0.15) is 5.67 Å². The maximum absolute atomic E-state index is 14.5. The van der Waals surface area contributed by atoms with E-state index in [0.29, 0.717) is 6.54 Å². The molecule has 0 N–H and O–H groups in total. The average Bonchev–Trinajstić information content (AvgIpc) is 2.27. The van der Waals surface area contributed by atoms with Crippen LogP contribution in [0.5, 0.6) is 0 Å². The van der Waals surface area contributed by atoms with Gasteiger partial charge in [0.25, 0.3) is 0 Å². The molecule has 1 nitrogen and oxygen atoms in total. The largest absolute Gasteiger partial charge is 0.296 e. The molecule has 0 aromatic heterocycles. The van der Waals surface area contributed by atoms with Gasteiger partial charge >= 0.3 is 0 Å². The number of halogens is 1. The van der Waals surface area contributed by atoms with Gasteiger partial charge in [-0.3, -0.25) is 4.90 Å². The van der Waals surface area contributed by atoms with Gasteiger partial charge in [-0.05, 0) is 36.6 Å². The lowest BCUT2D eigenvalue weighted by atomic mass is 9.87. The van der Waals surface area contributed by atoms with Crippen molar-refractivity contribution in [2.24, 2.45) is 0 Å². The Kier molecular flexibility index (Phi) is 3.02. The lowest BCUT2D eigenvalue weighted by Crippen LogP contribution is -2.41. The molecule has 1 atom stereocenters. The standard InChI is InChI=1S/C14H20FN/c1-4-11-6-7-13-12(8-11)9-16(5-2)10-14(13,3)15/h6-8H,4-5,9-10H2,1-3H3. The van der Waals surface area contributed by atoms with E-state index in [0.717, 1.165) is 30.6 Å². The van der Waals surface area contributed by atoms with E-state index in [1.165, 1.54) is 5.56 Å². The van der Waals surface area contributed by atoms with E-state index in [2.05, 4.69) is 30.9 Å². The van der Waals surface area contributed by atoms with E-state index in [9.17, 15) is 4.39 Å². The van der Waals surface area contributed by atoms with Crippen LogP contribution in [0.4, 0.5) is 4.39 Å². The second-order valence-electron chi connectivity index (χ2n) is 4.85. The molecule has 1 aliphatic heterocycles. The van der Waals surface area contributed by atoms with E-state index >= 15 is 0 Å². The molecule has 0 amide bonds. The first-order valence-corrected chi connectivity index (χ1v) is 6.10. The predicted molar refractivity (Wildman–Crippen MR) is 65.2 cm³/mol. The van der Waals surface area contributed by atoms with E-state index in [4.69, 9.17) is 0 Å². The molecule has 1 aliphatic rings. The van der Waals surface area contributed by atoms with Crippen LogP contribution in [0.15, 0.2) is 18.2 Å². The molecule has 0 saturated heterocycles. The van der Waals surface area contributed by atoms with Gasteiger partial charge < -0.3 is 0 Å². The zero-order valence-corrected chi connectivity index (χ0v) is 10.4. The number of likely N-dealkylation sites (N-methyl/N-ethyl adjacent to an activating group) is 1. The average molecular weight is 221 g/mol. The summed E-state index contributed by atoms with van der Waals surface area (Å²) >= 11 is 0. The Bertz CT molecular complexity index is 384.